The van der Waals surface area contributed by atoms with Crippen LogP contribution in [0.15, 0.2) is 42.5 Å². The van der Waals surface area contributed by atoms with Gasteiger partial charge in [0, 0.05) is 11.3 Å². The van der Waals surface area contributed by atoms with E-state index in [-0.39, 0.29) is 0 Å². The Morgan fingerprint density at radius 3 is 2.09 bits per heavy atom. The maximum atomic E-state index is 12.1. The number of Topliss-reactive ketones (excluding diaryl/α,β-unsaturated/α-hetero) is 1. The van der Waals surface area contributed by atoms with Crippen LogP contribution in [0.4, 0.5) is 5.69 Å². The highest BCUT2D eigenvalue weighted by Crippen LogP contribution is 2.17. The topological polar surface area (TPSA) is 72.5 Å². The number of carbonyl (C=O) groups is 3. The number of aryl methyl sites for hydroxylation is 2. The molecule has 0 aliphatic carbocycles. The zero-order valence-corrected chi connectivity index (χ0v) is 13.2. The number of benzene rings is 2. The molecule has 2 aromatic rings. The molecule has 1 N–H and O–H groups in total. The van der Waals surface area contributed by atoms with E-state index in [9.17, 15) is 14.4 Å². The molecule has 0 bridgehead atoms. The van der Waals surface area contributed by atoms with Crippen LogP contribution in [-0.4, -0.2) is 24.8 Å². The Morgan fingerprint density at radius 2 is 1.52 bits per heavy atom. The second kappa shape index (κ2) is 6.87. The summed E-state index contributed by atoms with van der Waals surface area (Å²) in [6.07, 6.45) is 0. The molecule has 5 nitrogen and oxygen atoms in total. The van der Waals surface area contributed by atoms with Crippen molar-refractivity contribution in [3.63, 3.8) is 0 Å². The van der Waals surface area contributed by atoms with Crippen molar-refractivity contribution in [2.75, 3.05) is 12.4 Å². The predicted molar refractivity (Wildman–Crippen MR) is 86.7 cm³/mol. The standard InChI is InChI=1S/C18H17NO4/c1-11-4-6-13(7-5-11)16(20)17(21)19-15-9-8-14(10-12(15)2)18(22)23-3/h4-10H,1-3H3,(H,19,21). The minimum absolute atomic E-state index is 0.330. The molecule has 118 valence electrons. The molecule has 2 rings (SSSR count). The summed E-state index contributed by atoms with van der Waals surface area (Å²) >= 11 is 0. The molecular formula is C18H17NO4. The van der Waals surface area contributed by atoms with Crippen molar-refractivity contribution in [1.82, 2.24) is 0 Å². The third kappa shape index (κ3) is 3.83. The normalized spacial score (nSPS) is 10.0. The molecular weight excluding hydrogens is 294 g/mol. The maximum Gasteiger partial charge on any atom is 0.337 e. The predicted octanol–water partition coefficient (Wildman–Crippen LogP) is 2.91. The van der Waals surface area contributed by atoms with Crippen molar-refractivity contribution in [2.24, 2.45) is 0 Å². The Kier molecular flexibility index (Phi) is 4.91. The minimum Gasteiger partial charge on any atom is -0.465 e. The number of hydrogen-bond donors (Lipinski definition) is 1. The van der Waals surface area contributed by atoms with E-state index in [1.54, 1.807) is 43.3 Å². The molecule has 0 aromatic heterocycles. The summed E-state index contributed by atoms with van der Waals surface area (Å²) in [6.45, 7) is 3.64. The van der Waals surface area contributed by atoms with Crippen LogP contribution < -0.4 is 5.32 Å². The largest absolute Gasteiger partial charge is 0.465 e. The van der Waals surface area contributed by atoms with Gasteiger partial charge in [-0.25, -0.2) is 4.79 Å². The zero-order valence-electron chi connectivity index (χ0n) is 13.2. The van der Waals surface area contributed by atoms with Crippen LogP contribution in [0, 0.1) is 13.8 Å². The number of amides is 1. The highest BCUT2D eigenvalue weighted by molar-refractivity contribution is 6.46. The van der Waals surface area contributed by atoms with Gasteiger partial charge in [-0.3, -0.25) is 9.59 Å². The number of ketones is 1. The number of carbonyl (C=O) groups excluding carboxylic acids is 3. The average molecular weight is 311 g/mol. The molecule has 0 spiro atoms. The lowest BCUT2D eigenvalue weighted by atomic mass is 10.1. The number of rotatable bonds is 4. The molecule has 2 aromatic carbocycles. The summed E-state index contributed by atoms with van der Waals surface area (Å²) in [5, 5.41) is 2.57. The van der Waals surface area contributed by atoms with Crippen LogP contribution in [0.1, 0.15) is 31.8 Å². The van der Waals surface area contributed by atoms with E-state index >= 15 is 0 Å². The first-order valence-corrected chi connectivity index (χ1v) is 7.03. The molecule has 0 atom stereocenters. The van der Waals surface area contributed by atoms with Gasteiger partial charge in [-0.2, -0.15) is 0 Å². The highest BCUT2D eigenvalue weighted by atomic mass is 16.5. The van der Waals surface area contributed by atoms with E-state index < -0.39 is 17.7 Å². The third-order valence-corrected chi connectivity index (χ3v) is 3.42. The first kappa shape index (κ1) is 16.4. The van der Waals surface area contributed by atoms with Crippen LogP contribution in [0.2, 0.25) is 0 Å². The van der Waals surface area contributed by atoms with Gasteiger partial charge in [-0.15, -0.1) is 0 Å². The second-order valence-electron chi connectivity index (χ2n) is 5.17. The SMILES string of the molecule is COC(=O)c1ccc(NC(=O)C(=O)c2ccc(C)cc2)c(C)c1. The molecule has 23 heavy (non-hydrogen) atoms. The first-order chi connectivity index (χ1) is 10.9. The second-order valence-corrected chi connectivity index (χ2v) is 5.17. The average Bonchev–Trinajstić information content (AvgIpc) is 2.55. The summed E-state index contributed by atoms with van der Waals surface area (Å²) in [5.41, 5.74) is 2.86. The van der Waals surface area contributed by atoms with Gasteiger partial charge in [0.2, 0.25) is 0 Å². The molecule has 5 heteroatoms. The Morgan fingerprint density at radius 1 is 0.913 bits per heavy atom. The van der Waals surface area contributed by atoms with Gasteiger partial charge < -0.3 is 10.1 Å². The van der Waals surface area contributed by atoms with Gasteiger partial charge in [-0.1, -0.05) is 29.8 Å². The van der Waals surface area contributed by atoms with Gasteiger partial charge in [0.15, 0.2) is 0 Å². The fourth-order valence-electron chi connectivity index (χ4n) is 2.06. The van der Waals surface area contributed by atoms with E-state index in [1.807, 2.05) is 6.92 Å². The lowest BCUT2D eigenvalue weighted by Gasteiger charge is -2.09. The van der Waals surface area contributed by atoms with Crippen LogP contribution in [0.5, 0.6) is 0 Å². The first-order valence-electron chi connectivity index (χ1n) is 7.03. The van der Waals surface area contributed by atoms with Gasteiger partial charge in [-0.05, 0) is 37.6 Å². The van der Waals surface area contributed by atoms with Crippen LogP contribution in [-0.2, 0) is 9.53 Å². The van der Waals surface area contributed by atoms with E-state index in [0.717, 1.165) is 5.56 Å². The lowest BCUT2D eigenvalue weighted by molar-refractivity contribution is -0.112. The minimum atomic E-state index is -0.720. The van der Waals surface area contributed by atoms with Gasteiger partial charge >= 0.3 is 5.97 Å². The van der Waals surface area contributed by atoms with Gasteiger partial charge in [0.05, 0.1) is 12.7 Å². The third-order valence-electron chi connectivity index (χ3n) is 3.42. The van der Waals surface area contributed by atoms with Gasteiger partial charge in [0.1, 0.15) is 0 Å². The fraction of sp³-hybridized carbons (Fsp3) is 0.167. The van der Waals surface area contributed by atoms with Crippen LogP contribution in [0.25, 0.3) is 0 Å². The summed E-state index contributed by atoms with van der Waals surface area (Å²) in [7, 11) is 1.30. The quantitative estimate of drug-likeness (QED) is 0.535. The lowest BCUT2D eigenvalue weighted by Crippen LogP contribution is -2.23. The summed E-state index contributed by atoms with van der Waals surface area (Å²) in [4.78, 5) is 35.6. The Balaban J connectivity index is 2.15. The molecule has 0 aliphatic heterocycles. The molecule has 0 radical (unpaired) electrons. The number of hydrogen-bond acceptors (Lipinski definition) is 4. The van der Waals surface area contributed by atoms with E-state index in [4.69, 9.17) is 0 Å². The van der Waals surface area contributed by atoms with Crippen molar-refractivity contribution >= 4 is 23.3 Å². The molecule has 0 unspecified atom stereocenters. The number of nitrogens with one attached hydrogen (secondary N) is 1. The van der Waals surface area contributed by atoms with Crippen molar-refractivity contribution in [2.45, 2.75) is 13.8 Å². The molecule has 0 heterocycles. The molecule has 0 fully saturated rings. The van der Waals surface area contributed by atoms with Crippen molar-refractivity contribution in [3.8, 4) is 0 Å². The Bertz CT molecular complexity index is 763. The zero-order chi connectivity index (χ0) is 17.0. The van der Waals surface area contributed by atoms with Crippen LogP contribution in [0.3, 0.4) is 0 Å². The number of ether oxygens (including phenoxy) is 1. The molecule has 0 saturated heterocycles. The number of anilines is 1. The van der Waals surface area contributed by atoms with Crippen LogP contribution >= 0.6 is 0 Å². The molecule has 0 aliphatic rings. The number of esters is 1. The maximum absolute atomic E-state index is 12.1. The van der Waals surface area contributed by atoms with Crippen molar-refractivity contribution in [1.29, 1.82) is 0 Å². The van der Waals surface area contributed by atoms with E-state index in [2.05, 4.69) is 10.1 Å². The van der Waals surface area contributed by atoms with E-state index in [1.165, 1.54) is 13.2 Å². The van der Waals surface area contributed by atoms with Gasteiger partial charge in [0.25, 0.3) is 11.7 Å². The fourth-order valence-corrected chi connectivity index (χ4v) is 2.06. The monoisotopic (exact) mass is 311 g/mol. The summed E-state index contributed by atoms with van der Waals surface area (Å²) in [6, 6.07) is 11.5. The summed E-state index contributed by atoms with van der Waals surface area (Å²) < 4.78 is 4.64. The van der Waals surface area contributed by atoms with Crippen molar-refractivity contribution in [3.05, 3.63) is 64.7 Å². The Hall–Kier alpha value is -2.95. The number of methoxy groups -OCH3 is 1. The molecule has 0 saturated carbocycles. The van der Waals surface area contributed by atoms with Crippen molar-refractivity contribution < 1.29 is 19.1 Å². The molecule has 1 amide bonds. The highest BCUT2D eigenvalue weighted by Gasteiger charge is 2.17. The summed E-state index contributed by atoms with van der Waals surface area (Å²) in [5.74, 6) is -1.79. The Labute approximate surface area is 134 Å². The smallest absolute Gasteiger partial charge is 0.337 e. The van der Waals surface area contributed by atoms with E-state index in [0.29, 0.717) is 22.4 Å².